The van der Waals surface area contributed by atoms with Crippen LogP contribution in [0, 0.1) is 0 Å². The van der Waals surface area contributed by atoms with Crippen LogP contribution in [0.1, 0.15) is 54.4 Å². The molecular formula is C28H31ClO5. The molecule has 6 heteroatoms. The van der Waals surface area contributed by atoms with Gasteiger partial charge in [-0.1, -0.05) is 66.2 Å². The van der Waals surface area contributed by atoms with Crippen molar-refractivity contribution in [1.82, 2.24) is 0 Å². The van der Waals surface area contributed by atoms with Crippen LogP contribution < -0.4 is 4.74 Å². The summed E-state index contributed by atoms with van der Waals surface area (Å²) < 4.78 is 17.4. The van der Waals surface area contributed by atoms with Gasteiger partial charge >= 0.3 is 0 Å². The van der Waals surface area contributed by atoms with Gasteiger partial charge in [-0.25, -0.2) is 0 Å². The Balaban J connectivity index is 1.41. The zero-order valence-electron chi connectivity index (χ0n) is 19.3. The van der Waals surface area contributed by atoms with Gasteiger partial charge in [-0.05, 0) is 48.2 Å². The molecule has 0 saturated carbocycles. The molecule has 0 aliphatic carbocycles. The molecule has 4 rings (SSSR count). The summed E-state index contributed by atoms with van der Waals surface area (Å²) in [6, 6.07) is 23.1. The molecule has 0 radical (unpaired) electrons. The van der Waals surface area contributed by atoms with E-state index in [9.17, 15) is 10.2 Å². The molecule has 0 amide bonds. The van der Waals surface area contributed by atoms with E-state index in [0.29, 0.717) is 36.5 Å². The van der Waals surface area contributed by atoms with Crippen molar-refractivity contribution in [2.75, 3.05) is 13.2 Å². The van der Waals surface area contributed by atoms with Crippen molar-refractivity contribution in [1.29, 1.82) is 0 Å². The second kappa shape index (κ2) is 11.8. The van der Waals surface area contributed by atoms with Crippen molar-refractivity contribution in [3.8, 4) is 5.75 Å². The Morgan fingerprint density at radius 1 is 1.03 bits per heavy atom. The Hall–Kier alpha value is -2.41. The third-order valence-corrected chi connectivity index (χ3v) is 6.34. The minimum absolute atomic E-state index is 0.191. The molecule has 2 N–H and O–H groups in total. The number of hydrogen-bond donors (Lipinski definition) is 2. The Morgan fingerprint density at radius 2 is 1.79 bits per heavy atom. The first-order valence-corrected chi connectivity index (χ1v) is 12.1. The van der Waals surface area contributed by atoms with Gasteiger partial charge in [0.1, 0.15) is 5.75 Å². The Kier molecular flexibility index (Phi) is 8.59. The third-order valence-electron chi connectivity index (χ3n) is 5.97. The monoisotopic (exact) mass is 482 g/mol. The summed E-state index contributed by atoms with van der Waals surface area (Å²) in [4.78, 5) is 0. The molecule has 0 aromatic heterocycles. The molecule has 4 atom stereocenters. The summed E-state index contributed by atoms with van der Waals surface area (Å²) in [5.74, 6) is 0.848. The van der Waals surface area contributed by atoms with Gasteiger partial charge in [0.05, 0.1) is 31.5 Å². The molecule has 1 heterocycles. The fourth-order valence-corrected chi connectivity index (χ4v) is 4.43. The second-order valence-electron chi connectivity index (χ2n) is 8.57. The maximum Gasteiger partial charge on any atom is 0.181 e. The maximum atomic E-state index is 10.5. The lowest BCUT2D eigenvalue weighted by Gasteiger charge is -2.34. The van der Waals surface area contributed by atoms with E-state index in [2.05, 4.69) is 6.07 Å². The fraction of sp³-hybridized carbons (Fsp3) is 0.357. The lowest BCUT2D eigenvalue weighted by atomic mass is 9.94. The predicted octanol–water partition coefficient (Wildman–Crippen LogP) is 5.62. The molecule has 0 spiro atoms. The van der Waals surface area contributed by atoms with E-state index in [1.807, 2.05) is 73.7 Å². The molecular weight excluding hydrogens is 452 g/mol. The van der Waals surface area contributed by atoms with Crippen LogP contribution >= 0.6 is 11.6 Å². The standard InChI is InChI=1S/C28H31ClO5/c1-2-32-24-11-8-19(9-12-24)14-22-15-21(10-13-26(22)29)27-17-23(30)16-25(34-27)18-33-28(31)20-6-4-3-5-7-20/h3-13,15,23,25,27-28,30-31H,2,14,16-18H2,1H3/t23-,25-,27+,28?/m0/s1. The number of aliphatic hydroxyl groups is 2. The molecule has 3 aromatic rings. The van der Waals surface area contributed by atoms with E-state index in [1.54, 1.807) is 0 Å². The van der Waals surface area contributed by atoms with Crippen LogP contribution in [0.2, 0.25) is 5.02 Å². The van der Waals surface area contributed by atoms with Crippen molar-refractivity contribution in [3.05, 3.63) is 100 Å². The van der Waals surface area contributed by atoms with Gasteiger partial charge in [0.15, 0.2) is 6.29 Å². The zero-order chi connectivity index (χ0) is 23.9. The first-order chi connectivity index (χ1) is 16.5. The van der Waals surface area contributed by atoms with Gasteiger partial charge in [0.2, 0.25) is 0 Å². The Labute approximate surface area is 205 Å². The average Bonchev–Trinajstić information content (AvgIpc) is 2.85. The van der Waals surface area contributed by atoms with Crippen LogP contribution in [0.3, 0.4) is 0 Å². The second-order valence-corrected chi connectivity index (χ2v) is 8.98. The molecule has 1 aliphatic heterocycles. The number of rotatable bonds is 9. The molecule has 1 aliphatic rings. The number of hydrogen-bond acceptors (Lipinski definition) is 5. The predicted molar refractivity (Wildman–Crippen MR) is 132 cm³/mol. The maximum absolute atomic E-state index is 10.5. The number of halogens is 1. The van der Waals surface area contributed by atoms with Crippen LogP contribution in [0.25, 0.3) is 0 Å². The van der Waals surface area contributed by atoms with Gasteiger partial charge in [-0.2, -0.15) is 0 Å². The molecule has 1 unspecified atom stereocenters. The number of ether oxygens (including phenoxy) is 3. The smallest absolute Gasteiger partial charge is 0.181 e. The minimum atomic E-state index is -1.03. The number of aliphatic hydroxyl groups excluding tert-OH is 2. The molecule has 5 nitrogen and oxygen atoms in total. The molecule has 180 valence electrons. The van der Waals surface area contributed by atoms with Crippen LogP contribution in [-0.2, 0) is 15.9 Å². The van der Waals surface area contributed by atoms with Crippen molar-refractivity contribution in [2.24, 2.45) is 0 Å². The minimum Gasteiger partial charge on any atom is -0.494 e. The van der Waals surface area contributed by atoms with E-state index in [1.165, 1.54) is 0 Å². The van der Waals surface area contributed by atoms with Crippen LogP contribution in [0.5, 0.6) is 5.75 Å². The van der Waals surface area contributed by atoms with Crippen LogP contribution in [0.15, 0.2) is 72.8 Å². The summed E-state index contributed by atoms with van der Waals surface area (Å²) in [5, 5.41) is 21.5. The van der Waals surface area contributed by atoms with Crippen molar-refractivity contribution < 1.29 is 24.4 Å². The summed E-state index contributed by atoms with van der Waals surface area (Å²) in [7, 11) is 0. The Morgan fingerprint density at radius 3 is 2.53 bits per heavy atom. The van der Waals surface area contributed by atoms with Crippen LogP contribution in [0.4, 0.5) is 0 Å². The van der Waals surface area contributed by atoms with Gasteiger partial charge in [0.25, 0.3) is 0 Å². The van der Waals surface area contributed by atoms with Gasteiger partial charge in [0, 0.05) is 23.4 Å². The molecule has 1 saturated heterocycles. The van der Waals surface area contributed by atoms with E-state index in [0.717, 1.165) is 22.4 Å². The summed E-state index contributed by atoms with van der Waals surface area (Å²) >= 11 is 6.50. The van der Waals surface area contributed by atoms with E-state index < -0.39 is 12.4 Å². The van der Waals surface area contributed by atoms with E-state index in [4.69, 9.17) is 25.8 Å². The lowest BCUT2D eigenvalue weighted by molar-refractivity contribution is -0.169. The average molecular weight is 483 g/mol. The highest BCUT2D eigenvalue weighted by molar-refractivity contribution is 6.31. The largest absolute Gasteiger partial charge is 0.494 e. The van der Waals surface area contributed by atoms with Crippen molar-refractivity contribution in [2.45, 2.75) is 50.8 Å². The van der Waals surface area contributed by atoms with Crippen LogP contribution in [-0.4, -0.2) is 35.6 Å². The molecule has 0 bridgehead atoms. The Bertz CT molecular complexity index is 1040. The third kappa shape index (κ3) is 6.59. The van der Waals surface area contributed by atoms with E-state index in [-0.39, 0.29) is 18.8 Å². The fourth-order valence-electron chi connectivity index (χ4n) is 4.25. The normalized spacial score (nSPS) is 21.2. The molecule has 3 aromatic carbocycles. The molecule has 34 heavy (non-hydrogen) atoms. The highest BCUT2D eigenvalue weighted by Crippen LogP contribution is 2.34. The summed E-state index contributed by atoms with van der Waals surface area (Å²) in [6.45, 7) is 2.79. The first-order valence-electron chi connectivity index (χ1n) is 11.7. The van der Waals surface area contributed by atoms with Crippen molar-refractivity contribution in [3.63, 3.8) is 0 Å². The van der Waals surface area contributed by atoms with Gasteiger partial charge in [-0.15, -0.1) is 0 Å². The summed E-state index contributed by atoms with van der Waals surface area (Å²) in [6.07, 6.45) is -0.485. The zero-order valence-corrected chi connectivity index (χ0v) is 20.0. The number of benzene rings is 3. The topological polar surface area (TPSA) is 68.2 Å². The lowest BCUT2D eigenvalue weighted by Crippen LogP contribution is -2.34. The van der Waals surface area contributed by atoms with Crippen molar-refractivity contribution >= 4 is 11.6 Å². The summed E-state index contributed by atoms with van der Waals surface area (Å²) in [5.41, 5.74) is 3.79. The highest BCUT2D eigenvalue weighted by atomic mass is 35.5. The first kappa shape index (κ1) is 24.7. The highest BCUT2D eigenvalue weighted by Gasteiger charge is 2.30. The SMILES string of the molecule is CCOc1ccc(Cc2cc([C@H]3C[C@@H](O)C[C@@H](COC(O)c4ccccc4)O3)ccc2Cl)cc1. The van der Waals surface area contributed by atoms with Gasteiger partial charge in [-0.3, -0.25) is 0 Å². The van der Waals surface area contributed by atoms with E-state index >= 15 is 0 Å². The van der Waals surface area contributed by atoms with Gasteiger partial charge < -0.3 is 24.4 Å². The molecule has 1 fully saturated rings. The quantitative estimate of drug-likeness (QED) is 0.387.